The molecule has 0 radical (unpaired) electrons. The second kappa shape index (κ2) is 5.89. The average Bonchev–Trinajstić information content (AvgIpc) is 3.12. The highest BCUT2D eigenvalue weighted by Crippen LogP contribution is 2.77. The number of benzene rings is 2. The maximum atomic E-state index is 13.7. The van der Waals surface area contributed by atoms with Crippen LogP contribution in [0.25, 0.3) is 11.1 Å². The standard InChI is InChI=1S/C26H28O2/c1-3-22(27)24-14-9-15-25(17-16-24,23(28)4-2)26(24)20-12-7-5-10-18(20)19-11-6-8-13-21(19)26/h5-8,10-13H,3-4,9,14-17H2,1-2H3. The highest BCUT2D eigenvalue weighted by Gasteiger charge is 2.76. The van der Waals surface area contributed by atoms with Gasteiger partial charge in [-0.15, -0.1) is 0 Å². The number of ketones is 2. The molecule has 2 nitrogen and oxygen atoms in total. The summed E-state index contributed by atoms with van der Waals surface area (Å²) in [6.07, 6.45) is 5.55. The Morgan fingerprint density at radius 2 is 1.14 bits per heavy atom. The first-order valence-corrected chi connectivity index (χ1v) is 10.8. The summed E-state index contributed by atoms with van der Waals surface area (Å²) < 4.78 is 0. The lowest BCUT2D eigenvalue weighted by Crippen LogP contribution is -2.59. The Kier molecular flexibility index (Phi) is 3.75. The number of rotatable bonds is 4. The van der Waals surface area contributed by atoms with Crippen molar-refractivity contribution in [1.82, 2.24) is 0 Å². The highest BCUT2D eigenvalue weighted by molar-refractivity contribution is 5.99. The van der Waals surface area contributed by atoms with Gasteiger partial charge in [-0.25, -0.2) is 0 Å². The topological polar surface area (TPSA) is 34.1 Å². The van der Waals surface area contributed by atoms with Gasteiger partial charge in [-0.05, 0) is 47.9 Å². The van der Waals surface area contributed by atoms with Crippen LogP contribution in [0.15, 0.2) is 48.5 Å². The smallest absolute Gasteiger partial charge is 0.140 e. The van der Waals surface area contributed by atoms with Gasteiger partial charge in [-0.1, -0.05) is 68.8 Å². The summed E-state index contributed by atoms with van der Waals surface area (Å²) in [5.41, 5.74) is 3.52. The van der Waals surface area contributed by atoms with E-state index >= 15 is 0 Å². The Bertz CT molecular complexity index is 908. The van der Waals surface area contributed by atoms with Gasteiger partial charge in [0.1, 0.15) is 11.6 Å². The maximum absolute atomic E-state index is 13.7. The lowest BCUT2D eigenvalue weighted by atomic mass is 9.44. The first-order chi connectivity index (χ1) is 13.6. The van der Waals surface area contributed by atoms with Crippen molar-refractivity contribution >= 4 is 11.6 Å². The minimum atomic E-state index is -0.494. The van der Waals surface area contributed by atoms with E-state index in [0.29, 0.717) is 24.4 Å². The number of fused-ring (bicyclic) bond motifs is 3. The molecule has 2 atom stereocenters. The predicted octanol–water partition coefficient (Wildman–Crippen LogP) is 5.86. The highest BCUT2D eigenvalue weighted by atomic mass is 16.1. The van der Waals surface area contributed by atoms with Crippen molar-refractivity contribution in [2.75, 3.05) is 0 Å². The van der Waals surface area contributed by atoms with Gasteiger partial charge in [0.15, 0.2) is 0 Å². The van der Waals surface area contributed by atoms with Crippen molar-refractivity contribution < 1.29 is 9.59 Å². The van der Waals surface area contributed by atoms with Gasteiger partial charge in [0.25, 0.3) is 0 Å². The Morgan fingerprint density at radius 1 is 0.714 bits per heavy atom. The molecule has 1 spiro atoms. The third kappa shape index (κ3) is 1.72. The summed E-state index contributed by atoms with van der Waals surface area (Å²) in [5.74, 6) is 0.703. The van der Waals surface area contributed by atoms with E-state index in [2.05, 4.69) is 48.5 Å². The van der Waals surface area contributed by atoms with Crippen LogP contribution < -0.4 is 0 Å². The number of carbonyl (C=O) groups excluding carboxylic acids is 2. The summed E-state index contributed by atoms with van der Waals surface area (Å²) in [6, 6.07) is 17.1. The summed E-state index contributed by atoms with van der Waals surface area (Å²) in [6.45, 7) is 3.99. The van der Waals surface area contributed by atoms with Crippen molar-refractivity contribution in [3.8, 4) is 11.1 Å². The number of Topliss-reactive ketones (excluding diaryl/α,β-unsaturated/α-hetero) is 2. The van der Waals surface area contributed by atoms with E-state index in [9.17, 15) is 9.59 Å². The first-order valence-electron chi connectivity index (χ1n) is 10.8. The molecule has 5 rings (SSSR count). The molecule has 0 saturated heterocycles. The van der Waals surface area contributed by atoms with Gasteiger partial charge in [0.05, 0.1) is 0 Å². The number of carbonyl (C=O) groups is 2. The molecule has 2 heteroatoms. The molecule has 2 saturated carbocycles. The molecule has 0 amide bonds. The number of hydrogen-bond acceptors (Lipinski definition) is 2. The second-order valence-electron chi connectivity index (χ2n) is 8.91. The summed E-state index contributed by atoms with van der Waals surface area (Å²) in [7, 11) is 0. The van der Waals surface area contributed by atoms with Gasteiger partial charge in [-0.3, -0.25) is 9.59 Å². The van der Waals surface area contributed by atoms with Crippen LogP contribution in [0.3, 0.4) is 0 Å². The molecular formula is C26H28O2. The molecule has 2 aromatic carbocycles. The van der Waals surface area contributed by atoms with E-state index in [-0.39, 0.29) is 0 Å². The van der Waals surface area contributed by atoms with Crippen molar-refractivity contribution in [3.63, 3.8) is 0 Å². The van der Waals surface area contributed by atoms with Crippen molar-refractivity contribution in [1.29, 1.82) is 0 Å². The van der Waals surface area contributed by atoms with Crippen LogP contribution in [0.5, 0.6) is 0 Å². The molecule has 2 fully saturated rings. The van der Waals surface area contributed by atoms with Gasteiger partial charge in [0.2, 0.25) is 0 Å². The molecule has 0 N–H and O–H groups in total. The van der Waals surface area contributed by atoms with E-state index in [1.54, 1.807) is 0 Å². The first kappa shape index (κ1) is 17.8. The molecule has 0 heterocycles. The Labute approximate surface area is 167 Å². The van der Waals surface area contributed by atoms with Gasteiger partial charge in [-0.2, -0.15) is 0 Å². The van der Waals surface area contributed by atoms with Crippen LogP contribution in [0.2, 0.25) is 0 Å². The molecule has 28 heavy (non-hydrogen) atoms. The minimum Gasteiger partial charge on any atom is -0.299 e. The van der Waals surface area contributed by atoms with E-state index in [4.69, 9.17) is 0 Å². The molecule has 3 aliphatic carbocycles. The van der Waals surface area contributed by atoms with Gasteiger partial charge in [0, 0.05) is 29.1 Å². The van der Waals surface area contributed by atoms with Crippen molar-refractivity contribution in [2.45, 2.75) is 64.2 Å². The molecule has 0 aliphatic heterocycles. The van der Waals surface area contributed by atoms with E-state index in [1.807, 2.05) is 13.8 Å². The third-order valence-corrected chi connectivity index (χ3v) is 8.28. The van der Waals surface area contributed by atoms with Crippen LogP contribution in [-0.4, -0.2) is 11.6 Å². The summed E-state index contributed by atoms with van der Waals surface area (Å²) in [5, 5.41) is 0. The third-order valence-electron chi connectivity index (χ3n) is 8.28. The zero-order valence-electron chi connectivity index (χ0n) is 16.9. The predicted molar refractivity (Wildman–Crippen MR) is 111 cm³/mol. The van der Waals surface area contributed by atoms with E-state index < -0.39 is 16.2 Å². The van der Waals surface area contributed by atoms with Crippen molar-refractivity contribution in [2.24, 2.45) is 10.8 Å². The van der Waals surface area contributed by atoms with E-state index in [1.165, 1.54) is 22.3 Å². The normalized spacial score (nSPS) is 28.8. The second-order valence-corrected chi connectivity index (χ2v) is 8.91. The molecule has 2 unspecified atom stereocenters. The molecule has 144 valence electrons. The van der Waals surface area contributed by atoms with Gasteiger partial charge < -0.3 is 0 Å². The zero-order valence-corrected chi connectivity index (χ0v) is 16.9. The average molecular weight is 373 g/mol. The van der Waals surface area contributed by atoms with Crippen LogP contribution in [0, 0.1) is 10.8 Å². The Morgan fingerprint density at radius 3 is 1.57 bits per heavy atom. The summed E-state index contributed by atoms with van der Waals surface area (Å²) in [4.78, 5) is 27.3. The van der Waals surface area contributed by atoms with Crippen LogP contribution in [-0.2, 0) is 15.0 Å². The monoisotopic (exact) mass is 372 g/mol. The molecule has 2 bridgehead atoms. The molecular weight excluding hydrogens is 344 g/mol. The summed E-state index contributed by atoms with van der Waals surface area (Å²) >= 11 is 0. The number of hydrogen-bond donors (Lipinski definition) is 0. The van der Waals surface area contributed by atoms with Crippen molar-refractivity contribution in [3.05, 3.63) is 59.7 Å². The Hall–Kier alpha value is -2.22. The Balaban J connectivity index is 1.97. The fourth-order valence-corrected chi connectivity index (χ4v) is 7.50. The molecule has 3 aliphatic rings. The minimum absolute atomic E-state index is 0.351. The maximum Gasteiger partial charge on any atom is 0.140 e. The lowest BCUT2D eigenvalue weighted by Gasteiger charge is -2.56. The fraction of sp³-hybridized carbons (Fsp3) is 0.462. The van der Waals surface area contributed by atoms with E-state index in [0.717, 1.165) is 32.1 Å². The van der Waals surface area contributed by atoms with Gasteiger partial charge >= 0.3 is 0 Å². The van der Waals surface area contributed by atoms with Crippen LogP contribution in [0.4, 0.5) is 0 Å². The van der Waals surface area contributed by atoms with Crippen LogP contribution in [0.1, 0.15) is 69.9 Å². The zero-order chi connectivity index (χ0) is 19.6. The molecule has 0 aromatic heterocycles. The van der Waals surface area contributed by atoms with Crippen LogP contribution >= 0.6 is 0 Å². The molecule has 2 aromatic rings. The largest absolute Gasteiger partial charge is 0.299 e. The quantitative estimate of drug-likeness (QED) is 0.673. The SMILES string of the molecule is CCC(=O)C12CCCC(C(=O)CC)(CC1)C21c2ccccc2-c2ccccc21. The lowest BCUT2D eigenvalue weighted by molar-refractivity contribution is -0.142. The fourth-order valence-electron chi connectivity index (χ4n) is 7.50.